The molecule has 0 aliphatic heterocycles. The molecule has 0 radical (unpaired) electrons. The van der Waals surface area contributed by atoms with Crippen molar-refractivity contribution in [3.05, 3.63) is 70.2 Å². The minimum absolute atomic E-state index is 0.0682. The third kappa shape index (κ3) is 7.67. The van der Waals surface area contributed by atoms with Crippen LogP contribution in [0.1, 0.15) is 71.6 Å². The number of nitrogens with zero attached hydrogens (tertiary/aromatic N) is 1. The fourth-order valence-electron chi connectivity index (χ4n) is 3.43. The fourth-order valence-corrected chi connectivity index (χ4v) is 3.63. The summed E-state index contributed by atoms with van der Waals surface area (Å²) < 4.78 is 0. The second kappa shape index (κ2) is 10.5. The van der Waals surface area contributed by atoms with Crippen molar-refractivity contribution in [1.82, 2.24) is 10.2 Å². The molecule has 2 aromatic carbocycles. The summed E-state index contributed by atoms with van der Waals surface area (Å²) in [5.41, 5.74) is 2.92. The zero-order valence-electron chi connectivity index (χ0n) is 20.5. The molecule has 0 heterocycles. The van der Waals surface area contributed by atoms with E-state index in [1.807, 2.05) is 39.0 Å². The lowest BCUT2D eigenvalue weighted by atomic mass is 9.86. The van der Waals surface area contributed by atoms with E-state index in [1.54, 1.807) is 17.9 Å². The van der Waals surface area contributed by atoms with Gasteiger partial charge in [0.2, 0.25) is 11.8 Å². The number of aryl methyl sites for hydroxylation is 1. The van der Waals surface area contributed by atoms with E-state index in [1.165, 1.54) is 5.56 Å². The summed E-state index contributed by atoms with van der Waals surface area (Å²) in [6.45, 7) is 14.4. The van der Waals surface area contributed by atoms with Crippen LogP contribution in [-0.2, 0) is 28.0 Å². The Bertz CT molecular complexity index is 924. The van der Waals surface area contributed by atoms with Crippen LogP contribution in [0.3, 0.4) is 0 Å². The highest BCUT2D eigenvalue weighted by molar-refractivity contribution is 6.31. The third-order valence-electron chi connectivity index (χ3n) is 5.41. The molecular weight excluding hydrogens is 420 g/mol. The van der Waals surface area contributed by atoms with Crippen molar-refractivity contribution in [2.45, 2.75) is 84.8 Å². The number of rotatable bonds is 7. The molecule has 1 atom stereocenters. The molecule has 2 aromatic rings. The molecule has 0 aliphatic rings. The number of carbonyl (C=O) groups excluding carboxylic acids is 2. The van der Waals surface area contributed by atoms with Crippen molar-refractivity contribution in [2.75, 3.05) is 0 Å². The first-order chi connectivity index (χ1) is 14.8. The van der Waals surface area contributed by atoms with Gasteiger partial charge in [-0.25, -0.2) is 0 Å². The lowest BCUT2D eigenvalue weighted by Crippen LogP contribution is -2.52. The van der Waals surface area contributed by atoms with Crippen LogP contribution in [-0.4, -0.2) is 28.3 Å². The summed E-state index contributed by atoms with van der Waals surface area (Å²) in [7, 11) is 0. The van der Waals surface area contributed by atoms with E-state index in [4.69, 9.17) is 11.6 Å². The Balaban J connectivity index is 2.17. The fraction of sp³-hybridized carbons (Fsp3) is 0.481. The molecular formula is C27H37ClN2O2. The highest BCUT2D eigenvalue weighted by Gasteiger charge is 2.28. The normalized spacial score (nSPS) is 12.9. The van der Waals surface area contributed by atoms with Crippen LogP contribution in [0.15, 0.2) is 48.5 Å². The molecule has 0 saturated carbocycles. The van der Waals surface area contributed by atoms with Crippen LogP contribution in [0.25, 0.3) is 0 Å². The molecule has 2 amide bonds. The molecule has 0 saturated heterocycles. The molecule has 0 bridgehead atoms. The second-order valence-corrected chi connectivity index (χ2v) is 10.9. The smallest absolute Gasteiger partial charge is 0.242 e. The first kappa shape index (κ1) is 25.9. The monoisotopic (exact) mass is 456 g/mol. The molecule has 4 nitrogen and oxygen atoms in total. The molecule has 5 heteroatoms. The number of nitrogens with one attached hydrogen (secondary N) is 1. The van der Waals surface area contributed by atoms with Crippen LogP contribution in [0.5, 0.6) is 0 Å². The summed E-state index contributed by atoms with van der Waals surface area (Å²) in [5, 5.41) is 3.57. The zero-order valence-corrected chi connectivity index (χ0v) is 21.2. The van der Waals surface area contributed by atoms with Gasteiger partial charge >= 0.3 is 0 Å². The first-order valence-electron chi connectivity index (χ1n) is 11.2. The topological polar surface area (TPSA) is 49.4 Å². The summed E-state index contributed by atoms with van der Waals surface area (Å²) in [6, 6.07) is 15.3. The molecule has 1 N–H and O–H groups in total. The number of halogens is 1. The number of benzene rings is 2. The van der Waals surface area contributed by atoms with Crippen LogP contribution < -0.4 is 5.32 Å². The van der Waals surface area contributed by atoms with Gasteiger partial charge in [-0.15, -0.1) is 0 Å². The van der Waals surface area contributed by atoms with Crippen molar-refractivity contribution < 1.29 is 9.59 Å². The van der Waals surface area contributed by atoms with Gasteiger partial charge in [-0.2, -0.15) is 0 Å². The van der Waals surface area contributed by atoms with Gasteiger partial charge in [-0.05, 0) is 62.3 Å². The predicted octanol–water partition coefficient (Wildman–Crippen LogP) is 5.90. The van der Waals surface area contributed by atoms with E-state index in [9.17, 15) is 9.59 Å². The maximum absolute atomic E-state index is 13.3. The second-order valence-electron chi connectivity index (χ2n) is 10.5. The number of carbonyl (C=O) groups is 2. The Morgan fingerprint density at radius 3 is 2.09 bits per heavy atom. The average Bonchev–Trinajstić information content (AvgIpc) is 2.69. The molecule has 0 unspecified atom stereocenters. The Hall–Kier alpha value is -2.33. The molecule has 0 aromatic heterocycles. The van der Waals surface area contributed by atoms with Gasteiger partial charge in [0, 0.05) is 23.5 Å². The van der Waals surface area contributed by atoms with Crippen molar-refractivity contribution in [2.24, 2.45) is 0 Å². The van der Waals surface area contributed by atoms with Crippen LogP contribution in [0.4, 0.5) is 0 Å². The third-order valence-corrected chi connectivity index (χ3v) is 5.78. The maximum atomic E-state index is 13.3. The quantitative estimate of drug-likeness (QED) is 0.563. The molecule has 174 valence electrons. The van der Waals surface area contributed by atoms with Crippen molar-refractivity contribution in [1.29, 1.82) is 0 Å². The van der Waals surface area contributed by atoms with Gasteiger partial charge < -0.3 is 10.2 Å². The van der Waals surface area contributed by atoms with E-state index in [-0.39, 0.29) is 22.8 Å². The molecule has 0 spiro atoms. The summed E-state index contributed by atoms with van der Waals surface area (Å²) in [5.74, 6) is -0.242. The Morgan fingerprint density at radius 1 is 0.969 bits per heavy atom. The summed E-state index contributed by atoms with van der Waals surface area (Å²) >= 11 is 6.35. The lowest BCUT2D eigenvalue weighted by molar-refractivity contribution is -0.141. The van der Waals surface area contributed by atoms with Gasteiger partial charge in [0.15, 0.2) is 0 Å². The van der Waals surface area contributed by atoms with E-state index in [0.717, 1.165) is 11.1 Å². The Kier molecular flexibility index (Phi) is 8.53. The zero-order chi connectivity index (χ0) is 24.1. The van der Waals surface area contributed by atoms with E-state index in [2.05, 4.69) is 50.4 Å². The first-order valence-corrected chi connectivity index (χ1v) is 11.6. The van der Waals surface area contributed by atoms with Crippen molar-refractivity contribution in [3.63, 3.8) is 0 Å². The predicted molar refractivity (Wildman–Crippen MR) is 133 cm³/mol. The SMILES string of the molecule is C[C@H](C(=O)NC(C)(C)C)N(Cc1ccccc1Cl)C(=O)CCc1ccc(C(C)(C)C)cc1. The van der Waals surface area contributed by atoms with Crippen LogP contribution in [0.2, 0.25) is 5.02 Å². The minimum atomic E-state index is -0.610. The van der Waals surface area contributed by atoms with E-state index in [0.29, 0.717) is 24.4 Å². The highest BCUT2D eigenvalue weighted by atomic mass is 35.5. The number of hydrogen-bond donors (Lipinski definition) is 1. The van der Waals surface area contributed by atoms with Crippen molar-refractivity contribution in [3.8, 4) is 0 Å². The lowest BCUT2D eigenvalue weighted by Gasteiger charge is -2.31. The van der Waals surface area contributed by atoms with Gasteiger partial charge in [-0.1, -0.05) is 74.8 Å². The Morgan fingerprint density at radius 2 is 1.56 bits per heavy atom. The van der Waals surface area contributed by atoms with Crippen LogP contribution >= 0.6 is 11.6 Å². The molecule has 0 fully saturated rings. The largest absolute Gasteiger partial charge is 0.350 e. The average molecular weight is 457 g/mol. The van der Waals surface area contributed by atoms with Gasteiger partial charge in [-0.3, -0.25) is 9.59 Å². The van der Waals surface area contributed by atoms with Gasteiger partial charge in [0.05, 0.1) is 0 Å². The van der Waals surface area contributed by atoms with E-state index >= 15 is 0 Å². The Labute approximate surface area is 198 Å². The number of amides is 2. The van der Waals surface area contributed by atoms with E-state index < -0.39 is 6.04 Å². The number of hydrogen-bond acceptors (Lipinski definition) is 2. The minimum Gasteiger partial charge on any atom is -0.350 e. The molecule has 0 aliphatic carbocycles. The van der Waals surface area contributed by atoms with Gasteiger partial charge in [0.1, 0.15) is 6.04 Å². The van der Waals surface area contributed by atoms with Gasteiger partial charge in [0.25, 0.3) is 0 Å². The molecule has 2 rings (SSSR count). The molecule has 32 heavy (non-hydrogen) atoms. The summed E-state index contributed by atoms with van der Waals surface area (Å²) in [4.78, 5) is 27.8. The van der Waals surface area contributed by atoms with Crippen LogP contribution in [0, 0.1) is 0 Å². The summed E-state index contributed by atoms with van der Waals surface area (Å²) in [6.07, 6.45) is 0.947. The van der Waals surface area contributed by atoms with Crippen molar-refractivity contribution >= 4 is 23.4 Å². The highest BCUT2D eigenvalue weighted by Crippen LogP contribution is 2.23. The maximum Gasteiger partial charge on any atom is 0.242 e. The standard InChI is InChI=1S/C27H37ClN2O2/c1-19(25(32)29-27(5,6)7)30(18-21-10-8-9-11-23(21)28)24(31)17-14-20-12-15-22(16-13-20)26(2,3)4/h8-13,15-16,19H,14,17-18H2,1-7H3,(H,29,32)/t19-/m1/s1.